The molecule has 0 heterocycles. The van der Waals surface area contributed by atoms with Gasteiger partial charge in [0.15, 0.2) is 9.43 Å². The van der Waals surface area contributed by atoms with Gasteiger partial charge in [-0.1, -0.05) is 0 Å². The normalized spacial score (nSPS) is 7.34. The van der Waals surface area contributed by atoms with Gasteiger partial charge in [0.25, 0.3) is 11.9 Å². The number of carboxylic acids is 2. The summed E-state index contributed by atoms with van der Waals surface area (Å²) in [6, 6.07) is 5.70. The minimum atomic E-state index is -0.833. The van der Waals surface area contributed by atoms with Crippen molar-refractivity contribution in [1.82, 2.24) is 0 Å². The Morgan fingerprint density at radius 3 is 1.24 bits per heavy atom. The Bertz CT molecular complexity index is 377. The second-order valence-electron chi connectivity index (χ2n) is 3.45. The van der Waals surface area contributed by atoms with Gasteiger partial charge in [-0.05, 0) is 30.9 Å². The molecule has 0 aliphatic rings. The monoisotopic (exact) mass is 579 g/mol. The molecule has 6 N–H and O–H groups in total. The SMILES string of the molecule is CC(=O)O.CC(=O)O.CO.CO[SiH2]PC.O[O][Al+].Oc1ccc(O)cc1.[O]=[Al].[Pd]. The number of aliphatic carboxylic acids is 2. The number of phenolic OH excluding ortho intramolecular Hbond substituents is 2. The molecule has 0 bridgehead atoms. The van der Waals surface area contributed by atoms with Crippen LogP contribution in [-0.2, 0) is 42.2 Å². The third-order valence-electron chi connectivity index (χ3n) is 1.14. The van der Waals surface area contributed by atoms with E-state index in [-0.39, 0.29) is 41.4 Å². The van der Waals surface area contributed by atoms with E-state index >= 15 is 0 Å². The predicted molar refractivity (Wildman–Crippen MR) is 110 cm³/mol. The largest absolute Gasteiger partial charge is 0 e. The molecule has 0 aliphatic carbocycles. The van der Waals surface area contributed by atoms with Crippen molar-refractivity contribution in [2.24, 2.45) is 0 Å². The van der Waals surface area contributed by atoms with E-state index in [1.165, 1.54) is 40.5 Å². The van der Waals surface area contributed by atoms with Crippen LogP contribution in [0.25, 0.3) is 0 Å². The van der Waals surface area contributed by atoms with Crippen molar-refractivity contribution < 1.29 is 73.0 Å². The van der Waals surface area contributed by atoms with E-state index in [0.717, 1.165) is 29.1 Å². The van der Waals surface area contributed by atoms with Gasteiger partial charge >= 0.3 is 45.8 Å². The Kier molecular flexibility index (Phi) is 82.2. The molecular formula is C13H28Al2O11PPdSi+. The average molecular weight is 580 g/mol. The number of carboxylic acid groups (broad SMARTS) is 2. The second kappa shape index (κ2) is 50.9. The summed E-state index contributed by atoms with van der Waals surface area (Å²) >= 11 is 2.80. The smallest absolute Gasteiger partial charge is 0 e. The van der Waals surface area contributed by atoms with Gasteiger partial charge in [-0.2, -0.15) is 0 Å². The first-order valence-corrected chi connectivity index (χ1v) is 12.1. The first kappa shape index (κ1) is 46.8. The molecule has 0 saturated carbocycles. The van der Waals surface area contributed by atoms with E-state index in [9.17, 15) is 0 Å². The molecule has 1 aromatic rings. The van der Waals surface area contributed by atoms with Crippen molar-refractivity contribution in [3.8, 4) is 11.5 Å². The van der Waals surface area contributed by atoms with Crippen LogP contribution in [-0.4, -0.2) is 106 Å². The van der Waals surface area contributed by atoms with Gasteiger partial charge in [-0.15, -0.1) is 8.13 Å². The van der Waals surface area contributed by atoms with Crippen LogP contribution in [0.15, 0.2) is 24.3 Å². The first-order valence-electron chi connectivity index (χ1n) is 6.78. The number of benzene rings is 1. The molecule has 1 unspecified atom stereocenters. The second-order valence-corrected chi connectivity index (χ2v) is 8.22. The Labute approximate surface area is 205 Å². The summed E-state index contributed by atoms with van der Waals surface area (Å²) in [5, 5.41) is 46.2. The summed E-state index contributed by atoms with van der Waals surface area (Å²) < 4.78 is 16.2. The molecule has 0 aliphatic heterocycles. The minimum Gasteiger partial charge on any atom is 0 e. The molecule has 1 rings (SSSR count). The molecular weight excluding hydrogens is 552 g/mol. The summed E-state index contributed by atoms with van der Waals surface area (Å²) in [4.78, 5) is 18.0. The van der Waals surface area contributed by atoms with E-state index in [0.29, 0.717) is 0 Å². The minimum absolute atomic E-state index is 0. The number of aliphatic hydroxyl groups is 1. The van der Waals surface area contributed by atoms with Crippen molar-refractivity contribution >= 4 is 62.3 Å². The molecule has 2 radical (unpaired) electrons. The number of hydrogen-bond donors (Lipinski definition) is 6. The quantitative estimate of drug-likeness (QED) is 0.0900. The van der Waals surface area contributed by atoms with E-state index in [1.54, 1.807) is 23.7 Å². The van der Waals surface area contributed by atoms with Crippen molar-refractivity contribution in [3.05, 3.63) is 24.3 Å². The van der Waals surface area contributed by atoms with Gasteiger partial charge in [0.05, 0.1) is 0 Å². The van der Waals surface area contributed by atoms with Crippen LogP contribution in [0.2, 0.25) is 0 Å². The third kappa shape index (κ3) is 133. The number of rotatable bonds is 2. The number of hydrogen-bond acceptors (Lipinski definition) is 9. The van der Waals surface area contributed by atoms with E-state index in [4.69, 9.17) is 48.6 Å². The van der Waals surface area contributed by atoms with E-state index in [1.807, 2.05) is 0 Å². The fourth-order valence-corrected chi connectivity index (χ4v) is 1.75. The third-order valence-corrected chi connectivity index (χ3v) is 3.45. The summed E-state index contributed by atoms with van der Waals surface area (Å²) in [6.07, 6.45) is 0. The zero-order chi connectivity index (χ0) is 24.0. The van der Waals surface area contributed by atoms with Gasteiger partial charge in [-0.25, -0.2) is 0 Å². The van der Waals surface area contributed by atoms with Gasteiger partial charge in [0.1, 0.15) is 11.5 Å². The maximum absolute atomic E-state index is 9.00. The number of phenols is 2. The van der Waals surface area contributed by atoms with Crippen molar-refractivity contribution in [3.63, 3.8) is 0 Å². The molecule has 1 atom stereocenters. The molecule has 11 nitrogen and oxygen atoms in total. The zero-order valence-corrected chi connectivity index (χ0v) is 23.0. The van der Waals surface area contributed by atoms with Crippen LogP contribution in [0.4, 0.5) is 0 Å². The predicted octanol–water partition coefficient (Wildman–Crippen LogP) is -0.115. The molecule has 1 aromatic carbocycles. The molecule has 29 heavy (non-hydrogen) atoms. The van der Waals surface area contributed by atoms with Crippen LogP contribution in [0.5, 0.6) is 11.5 Å². The molecule has 0 fully saturated rings. The van der Waals surface area contributed by atoms with Crippen LogP contribution < -0.4 is 0 Å². The van der Waals surface area contributed by atoms with Gasteiger partial charge < -0.3 is 30.0 Å². The van der Waals surface area contributed by atoms with Gasteiger partial charge in [-0.3, -0.25) is 9.59 Å². The molecule has 0 amide bonds. The number of aliphatic hydroxyl groups excluding tert-OH is 1. The Morgan fingerprint density at radius 1 is 1.00 bits per heavy atom. The van der Waals surface area contributed by atoms with Crippen molar-refractivity contribution in [2.75, 3.05) is 20.9 Å². The summed E-state index contributed by atoms with van der Waals surface area (Å²) in [5.74, 6) is -1.33. The summed E-state index contributed by atoms with van der Waals surface area (Å²) in [7, 11) is 3.81. The van der Waals surface area contributed by atoms with Crippen LogP contribution in [0.3, 0.4) is 0 Å². The van der Waals surface area contributed by atoms with E-state index in [2.05, 4.69) is 10.6 Å². The maximum Gasteiger partial charge on any atom is 0 e. The first-order chi connectivity index (χ1) is 13.1. The standard InChI is InChI=1S/C6H6O2.2C2H4O2.C2H9OPSi.CH4O.2Al.H2O2.O.Pd/c7-5-1-2-6(8)4-3-5;2*1-2(3)4;1-3-5-4-2;1-2;;;1-2;;/h1-4,7-8H;2*1H3,(H,3,4);4H,5H2,1-2H3;2H,1H3;;;1-2H;;/q;;;;;;+2;;;/p-1. The van der Waals surface area contributed by atoms with Crippen LogP contribution >= 0.6 is 8.13 Å². The van der Waals surface area contributed by atoms with Gasteiger partial charge in [0.2, 0.25) is 0 Å². The Hall–Kier alpha value is -0.226. The number of carbonyl (C=O) groups is 2. The fraction of sp³-hybridized carbons (Fsp3) is 0.385. The Morgan fingerprint density at radius 2 is 1.17 bits per heavy atom. The van der Waals surface area contributed by atoms with E-state index < -0.39 is 11.9 Å². The molecule has 0 spiro atoms. The van der Waals surface area contributed by atoms with Crippen LogP contribution in [0.1, 0.15) is 13.8 Å². The van der Waals surface area contributed by atoms with Crippen molar-refractivity contribution in [2.45, 2.75) is 13.8 Å². The van der Waals surface area contributed by atoms with Crippen molar-refractivity contribution in [1.29, 1.82) is 0 Å². The summed E-state index contributed by atoms with van der Waals surface area (Å²) in [6.45, 7) is 4.34. The maximum atomic E-state index is 9.00. The molecule has 0 saturated heterocycles. The zero-order valence-electron chi connectivity index (χ0n) is 16.7. The van der Waals surface area contributed by atoms with Crippen LogP contribution in [0, 0.1) is 0 Å². The molecule has 16 heteroatoms. The molecule has 170 valence electrons. The number of aromatic hydroxyl groups is 2. The summed E-state index contributed by atoms with van der Waals surface area (Å²) in [5.41, 5.74) is 0. The topological polar surface area (TPSA) is 191 Å². The Balaban J connectivity index is -0.0000000413. The molecule has 0 aromatic heterocycles. The fourth-order valence-electron chi connectivity index (χ4n) is 0.597. The average Bonchev–Trinajstić information content (AvgIpc) is 2.62. The van der Waals surface area contributed by atoms with Gasteiger partial charge in [0, 0.05) is 48.5 Å².